The summed E-state index contributed by atoms with van der Waals surface area (Å²) in [6.07, 6.45) is -0.962. The highest BCUT2D eigenvalue weighted by Gasteiger charge is 2.20. The highest BCUT2D eigenvalue weighted by Crippen LogP contribution is 2.32. The Balaban J connectivity index is 1.60. The standard InChI is InChI=1S/C18H16ClNO5/c1-11(25-18(22)12-2-4-13(19)5-3-12)17(21)20-14-6-7-15-16(10-14)24-9-8-23-15/h2-7,10-11H,8-9H2,1H3,(H,20,21)/t11-/m0/s1. The average Bonchev–Trinajstić information content (AvgIpc) is 2.62. The minimum atomic E-state index is -0.962. The van der Waals surface area contributed by atoms with E-state index in [4.69, 9.17) is 25.8 Å². The quantitative estimate of drug-likeness (QED) is 0.846. The van der Waals surface area contributed by atoms with Gasteiger partial charge in [-0.05, 0) is 43.3 Å². The summed E-state index contributed by atoms with van der Waals surface area (Å²) in [6, 6.07) is 11.3. The normalized spacial score (nSPS) is 13.7. The minimum Gasteiger partial charge on any atom is -0.486 e. The second-order valence-corrected chi connectivity index (χ2v) is 5.84. The van der Waals surface area contributed by atoms with Crippen LogP contribution in [0, 0.1) is 0 Å². The molecule has 0 spiro atoms. The molecule has 130 valence electrons. The molecule has 0 aliphatic carbocycles. The second-order valence-electron chi connectivity index (χ2n) is 5.40. The molecule has 1 N–H and O–H groups in total. The van der Waals surface area contributed by atoms with Crippen molar-refractivity contribution < 1.29 is 23.8 Å². The maximum absolute atomic E-state index is 12.2. The number of rotatable bonds is 4. The van der Waals surface area contributed by atoms with Gasteiger partial charge in [-0.3, -0.25) is 4.79 Å². The van der Waals surface area contributed by atoms with E-state index in [0.29, 0.717) is 41.0 Å². The first-order valence-corrected chi connectivity index (χ1v) is 8.08. The molecule has 1 aliphatic heterocycles. The van der Waals surface area contributed by atoms with Gasteiger partial charge >= 0.3 is 5.97 Å². The van der Waals surface area contributed by atoms with Crippen LogP contribution in [0.1, 0.15) is 17.3 Å². The van der Waals surface area contributed by atoms with E-state index in [1.165, 1.54) is 19.1 Å². The molecule has 0 aromatic heterocycles. The van der Waals surface area contributed by atoms with Crippen LogP contribution in [0.25, 0.3) is 0 Å². The molecule has 1 amide bonds. The summed E-state index contributed by atoms with van der Waals surface area (Å²) < 4.78 is 16.1. The molecule has 1 aliphatic rings. The summed E-state index contributed by atoms with van der Waals surface area (Å²) in [5.41, 5.74) is 0.854. The molecule has 0 fully saturated rings. The van der Waals surface area contributed by atoms with E-state index < -0.39 is 18.0 Å². The van der Waals surface area contributed by atoms with Crippen LogP contribution in [0.15, 0.2) is 42.5 Å². The van der Waals surface area contributed by atoms with Crippen molar-refractivity contribution in [2.24, 2.45) is 0 Å². The fourth-order valence-corrected chi connectivity index (χ4v) is 2.36. The van der Waals surface area contributed by atoms with Crippen molar-refractivity contribution >= 4 is 29.2 Å². The fraction of sp³-hybridized carbons (Fsp3) is 0.222. The lowest BCUT2D eigenvalue weighted by Crippen LogP contribution is -2.30. The Morgan fingerprint density at radius 2 is 1.76 bits per heavy atom. The zero-order valence-corrected chi connectivity index (χ0v) is 14.2. The van der Waals surface area contributed by atoms with E-state index >= 15 is 0 Å². The number of fused-ring (bicyclic) bond motifs is 1. The summed E-state index contributed by atoms with van der Waals surface area (Å²) in [6.45, 7) is 2.46. The van der Waals surface area contributed by atoms with Crippen molar-refractivity contribution in [3.63, 3.8) is 0 Å². The number of ether oxygens (including phenoxy) is 3. The zero-order valence-electron chi connectivity index (χ0n) is 13.5. The molecule has 1 atom stereocenters. The van der Waals surface area contributed by atoms with Crippen molar-refractivity contribution in [1.82, 2.24) is 0 Å². The smallest absolute Gasteiger partial charge is 0.338 e. The number of carbonyl (C=O) groups excluding carboxylic acids is 2. The van der Waals surface area contributed by atoms with Crippen LogP contribution in [-0.2, 0) is 9.53 Å². The van der Waals surface area contributed by atoms with Gasteiger partial charge in [-0.1, -0.05) is 11.6 Å². The number of halogens is 1. The van der Waals surface area contributed by atoms with Crippen LogP contribution in [0.2, 0.25) is 5.02 Å². The van der Waals surface area contributed by atoms with E-state index in [0.717, 1.165) is 0 Å². The molecule has 0 unspecified atom stereocenters. The van der Waals surface area contributed by atoms with Gasteiger partial charge in [0.2, 0.25) is 0 Å². The first kappa shape index (κ1) is 17.1. The Labute approximate surface area is 149 Å². The van der Waals surface area contributed by atoms with Crippen molar-refractivity contribution in [3.05, 3.63) is 53.1 Å². The molecule has 0 saturated heterocycles. The lowest BCUT2D eigenvalue weighted by Gasteiger charge is -2.19. The van der Waals surface area contributed by atoms with E-state index in [-0.39, 0.29) is 0 Å². The monoisotopic (exact) mass is 361 g/mol. The minimum absolute atomic E-state index is 0.323. The van der Waals surface area contributed by atoms with E-state index in [9.17, 15) is 9.59 Å². The number of amides is 1. The largest absolute Gasteiger partial charge is 0.486 e. The van der Waals surface area contributed by atoms with Crippen LogP contribution in [0.5, 0.6) is 11.5 Å². The average molecular weight is 362 g/mol. The Kier molecular flexibility index (Phi) is 5.09. The number of anilines is 1. The molecule has 0 bridgehead atoms. The Morgan fingerprint density at radius 3 is 2.48 bits per heavy atom. The number of hydrogen-bond donors (Lipinski definition) is 1. The van der Waals surface area contributed by atoms with Crippen molar-refractivity contribution in [3.8, 4) is 11.5 Å². The maximum atomic E-state index is 12.2. The predicted molar refractivity (Wildman–Crippen MR) is 92.4 cm³/mol. The highest BCUT2D eigenvalue weighted by molar-refractivity contribution is 6.30. The molecule has 0 radical (unpaired) electrons. The molecular formula is C18H16ClNO5. The summed E-state index contributed by atoms with van der Waals surface area (Å²) in [7, 11) is 0. The number of hydrogen-bond acceptors (Lipinski definition) is 5. The second kappa shape index (κ2) is 7.44. The summed E-state index contributed by atoms with van der Waals surface area (Å²) in [4.78, 5) is 24.3. The predicted octanol–water partition coefficient (Wildman–Crippen LogP) is 3.30. The van der Waals surface area contributed by atoms with Crippen LogP contribution in [0.4, 0.5) is 5.69 Å². The van der Waals surface area contributed by atoms with Crippen molar-refractivity contribution in [2.75, 3.05) is 18.5 Å². The van der Waals surface area contributed by atoms with Crippen LogP contribution in [0.3, 0.4) is 0 Å². The van der Waals surface area contributed by atoms with Gasteiger partial charge in [-0.25, -0.2) is 4.79 Å². The number of carbonyl (C=O) groups is 2. The molecule has 2 aromatic rings. The lowest BCUT2D eigenvalue weighted by molar-refractivity contribution is -0.123. The summed E-state index contributed by atoms with van der Waals surface area (Å²) in [5, 5.41) is 3.20. The van der Waals surface area contributed by atoms with E-state index in [1.807, 2.05) is 0 Å². The first-order chi connectivity index (χ1) is 12.0. The number of esters is 1. The van der Waals surface area contributed by atoms with Crippen LogP contribution < -0.4 is 14.8 Å². The van der Waals surface area contributed by atoms with Crippen LogP contribution in [-0.4, -0.2) is 31.2 Å². The van der Waals surface area contributed by atoms with Gasteiger partial charge in [-0.2, -0.15) is 0 Å². The lowest BCUT2D eigenvalue weighted by atomic mass is 10.2. The Bertz CT molecular complexity index is 791. The third-order valence-electron chi connectivity index (χ3n) is 3.54. The molecule has 25 heavy (non-hydrogen) atoms. The van der Waals surface area contributed by atoms with Gasteiger partial charge in [0.25, 0.3) is 5.91 Å². The first-order valence-electron chi connectivity index (χ1n) is 7.70. The third-order valence-corrected chi connectivity index (χ3v) is 3.79. The summed E-state index contributed by atoms with van der Waals surface area (Å²) in [5.74, 6) is 0.154. The zero-order chi connectivity index (χ0) is 17.8. The molecule has 2 aromatic carbocycles. The molecule has 0 saturated carbocycles. The fourth-order valence-electron chi connectivity index (χ4n) is 2.23. The maximum Gasteiger partial charge on any atom is 0.338 e. The summed E-state index contributed by atoms with van der Waals surface area (Å²) >= 11 is 5.78. The highest BCUT2D eigenvalue weighted by atomic mass is 35.5. The Morgan fingerprint density at radius 1 is 1.08 bits per heavy atom. The number of nitrogens with one attached hydrogen (secondary N) is 1. The Hall–Kier alpha value is -2.73. The number of benzene rings is 2. The van der Waals surface area contributed by atoms with Gasteiger partial charge in [0, 0.05) is 16.8 Å². The van der Waals surface area contributed by atoms with Gasteiger partial charge in [0.1, 0.15) is 13.2 Å². The van der Waals surface area contributed by atoms with E-state index in [2.05, 4.69) is 5.32 Å². The molecule has 7 heteroatoms. The van der Waals surface area contributed by atoms with Gasteiger partial charge in [0.05, 0.1) is 5.56 Å². The topological polar surface area (TPSA) is 73.9 Å². The van der Waals surface area contributed by atoms with Crippen molar-refractivity contribution in [1.29, 1.82) is 0 Å². The van der Waals surface area contributed by atoms with Crippen molar-refractivity contribution in [2.45, 2.75) is 13.0 Å². The molecular weight excluding hydrogens is 346 g/mol. The molecule has 3 rings (SSSR count). The van der Waals surface area contributed by atoms with Crippen LogP contribution >= 0.6 is 11.6 Å². The molecule has 1 heterocycles. The third kappa shape index (κ3) is 4.22. The SMILES string of the molecule is C[C@H](OC(=O)c1ccc(Cl)cc1)C(=O)Nc1ccc2c(c1)OCCO2. The van der Waals surface area contributed by atoms with E-state index in [1.54, 1.807) is 30.3 Å². The molecule has 6 nitrogen and oxygen atoms in total. The van der Waals surface area contributed by atoms with Gasteiger partial charge < -0.3 is 19.5 Å². The van der Waals surface area contributed by atoms with Gasteiger partial charge in [0.15, 0.2) is 17.6 Å². The van der Waals surface area contributed by atoms with Gasteiger partial charge in [-0.15, -0.1) is 0 Å².